The van der Waals surface area contributed by atoms with Gasteiger partial charge in [-0.2, -0.15) is 10.2 Å². The zero-order chi connectivity index (χ0) is 19.9. The predicted molar refractivity (Wildman–Crippen MR) is 108 cm³/mol. The number of hydrogen-bond acceptors (Lipinski definition) is 3. The van der Waals surface area contributed by atoms with Crippen molar-refractivity contribution in [2.75, 3.05) is 0 Å². The minimum absolute atomic E-state index is 0.130. The van der Waals surface area contributed by atoms with E-state index >= 15 is 0 Å². The third-order valence-electron chi connectivity index (χ3n) is 3.76. The summed E-state index contributed by atoms with van der Waals surface area (Å²) in [5, 5.41) is 13.1. The van der Waals surface area contributed by atoms with Crippen molar-refractivity contribution in [3.05, 3.63) is 34.9 Å². The molecule has 26 heavy (non-hydrogen) atoms. The molecule has 2 heterocycles. The van der Waals surface area contributed by atoms with Crippen molar-refractivity contribution in [2.45, 2.75) is 86.5 Å². The third kappa shape index (κ3) is 4.96. The van der Waals surface area contributed by atoms with Crippen molar-refractivity contribution < 1.29 is 0 Å². The van der Waals surface area contributed by atoms with Gasteiger partial charge in [0.2, 0.25) is 6.17 Å². The topological polar surface area (TPSA) is 60.0 Å². The number of nitrogens with one attached hydrogen (secondary N) is 1. The van der Waals surface area contributed by atoms with Crippen LogP contribution in [0.1, 0.15) is 70.5 Å². The second-order valence-corrected chi connectivity index (χ2v) is 9.16. The van der Waals surface area contributed by atoms with Crippen molar-refractivity contribution in [1.29, 1.82) is 0 Å². The summed E-state index contributed by atoms with van der Waals surface area (Å²) in [7, 11) is 0. The first-order valence-electron chi connectivity index (χ1n) is 9.20. The van der Waals surface area contributed by atoms with Gasteiger partial charge in [0.05, 0.1) is 16.9 Å². The highest BCUT2D eigenvalue weighted by molar-refractivity contribution is 5.87. The standard InChI is InChI=1S/C20H34N6/c1-13-11-15(3)25(23-13)18(26-16(4)12-14(2)24-26)17(21-19(5,6)7)22-20(8,9)10/h11-12,18H,1-10H3,(H,21,22). The highest BCUT2D eigenvalue weighted by atomic mass is 15.5. The number of hydrogen-bond donors (Lipinski definition) is 1. The van der Waals surface area contributed by atoms with Gasteiger partial charge in [-0.05, 0) is 81.4 Å². The Morgan fingerprint density at radius 3 is 1.58 bits per heavy atom. The maximum Gasteiger partial charge on any atom is 0.200 e. The number of nitrogens with zero attached hydrogens (tertiary/aromatic N) is 5. The monoisotopic (exact) mass is 358 g/mol. The normalized spacial score (nSPS) is 13.6. The van der Waals surface area contributed by atoms with E-state index in [0.717, 1.165) is 28.6 Å². The second-order valence-electron chi connectivity index (χ2n) is 9.16. The van der Waals surface area contributed by atoms with Crippen molar-refractivity contribution >= 4 is 5.84 Å². The zero-order valence-electron chi connectivity index (χ0n) is 18.0. The highest BCUT2D eigenvalue weighted by Crippen LogP contribution is 2.21. The summed E-state index contributed by atoms with van der Waals surface area (Å²) in [6.45, 7) is 20.9. The molecule has 2 aromatic rings. The quantitative estimate of drug-likeness (QED) is 0.668. The molecule has 6 nitrogen and oxygen atoms in total. The van der Waals surface area contributed by atoms with Gasteiger partial charge in [-0.3, -0.25) is 4.99 Å². The van der Waals surface area contributed by atoms with Gasteiger partial charge in [0.15, 0.2) is 0 Å². The lowest BCUT2D eigenvalue weighted by Crippen LogP contribution is -2.48. The van der Waals surface area contributed by atoms with Crippen LogP contribution in [-0.4, -0.2) is 36.5 Å². The van der Waals surface area contributed by atoms with Gasteiger partial charge in [-0.25, -0.2) is 9.36 Å². The Kier molecular flexibility index (Phi) is 5.36. The molecule has 0 atom stereocenters. The first kappa shape index (κ1) is 20.2. The number of amidine groups is 1. The van der Waals surface area contributed by atoms with E-state index in [1.807, 2.05) is 23.2 Å². The van der Waals surface area contributed by atoms with Crippen LogP contribution in [0.3, 0.4) is 0 Å². The van der Waals surface area contributed by atoms with E-state index < -0.39 is 0 Å². The van der Waals surface area contributed by atoms with Crippen molar-refractivity contribution in [1.82, 2.24) is 24.9 Å². The van der Waals surface area contributed by atoms with Crippen LogP contribution in [0.5, 0.6) is 0 Å². The van der Waals surface area contributed by atoms with Gasteiger partial charge >= 0.3 is 0 Å². The maximum absolute atomic E-state index is 5.03. The second kappa shape index (κ2) is 6.89. The molecule has 0 saturated carbocycles. The molecule has 1 N–H and O–H groups in total. The summed E-state index contributed by atoms with van der Waals surface area (Å²) in [6.07, 6.45) is -0.254. The molecule has 0 spiro atoms. The smallest absolute Gasteiger partial charge is 0.200 e. The lowest BCUT2D eigenvalue weighted by molar-refractivity contribution is 0.400. The predicted octanol–water partition coefficient (Wildman–Crippen LogP) is 3.95. The molecule has 0 bridgehead atoms. The average molecular weight is 359 g/mol. The SMILES string of the molecule is Cc1cc(C)n(C(C(=NC(C)(C)C)NC(C)(C)C)n2nc(C)cc2C)n1. The van der Waals surface area contributed by atoms with E-state index in [4.69, 9.17) is 15.2 Å². The molecule has 0 fully saturated rings. The van der Waals surface area contributed by atoms with E-state index in [9.17, 15) is 0 Å². The Bertz CT molecular complexity index is 749. The van der Waals surface area contributed by atoms with Crippen LogP contribution in [0, 0.1) is 27.7 Å². The molecule has 0 aliphatic carbocycles. The number of aryl methyl sites for hydroxylation is 4. The summed E-state index contributed by atoms with van der Waals surface area (Å²) in [6, 6.07) is 4.18. The van der Waals surface area contributed by atoms with E-state index in [1.54, 1.807) is 0 Å². The van der Waals surface area contributed by atoms with E-state index in [0.29, 0.717) is 0 Å². The molecule has 2 rings (SSSR count). The molecular weight excluding hydrogens is 324 g/mol. The van der Waals surface area contributed by atoms with Gasteiger partial charge in [-0.1, -0.05) is 0 Å². The minimum atomic E-state index is -0.254. The van der Waals surface area contributed by atoms with Crippen LogP contribution in [0.2, 0.25) is 0 Å². The van der Waals surface area contributed by atoms with Crippen LogP contribution in [0.4, 0.5) is 0 Å². The lowest BCUT2D eigenvalue weighted by Gasteiger charge is -2.31. The molecule has 0 aliphatic heterocycles. The van der Waals surface area contributed by atoms with Gasteiger partial charge in [-0.15, -0.1) is 0 Å². The Labute approximate surface area is 157 Å². The number of aliphatic imine (C=N–C) groups is 1. The number of rotatable bonds is 3. The van der Waals surface area contributed by atoms with Gasteiger partial charge < -0.3 is 5.32 Å². The molecule has 2 aromatic heterocycles. The molecule has 0 amide bonds. The Balaban J connectivity index is 2.73. The summed E-state index contributed by atoms with van der Waals surface area (Å²) in [5.74, 6) is 0.863. The zero-order valence-corrected chi connectivity index (χ0v) is 18.0. The maximum atomic E-state index is 5.03. The van der Waals surface area contributed by atoms with Gasteiger partial charge in [0.25, 0.3) is 0 Å². The Morgan fingerprint density at radius 2 is 1.31 bits per heavy atom. The van der Waals surface area contributed by atoms with Crippen LogP contribution in [0.15, 0.2) is 17.1 Å². The van der Waals surface area contributed by atoms with Crippen LogP contribution >= 0.6 is 0 Å². The third-order valence-corrected chi connectivity index (χ3v) is 3.76. The molecule has 0 aliphatic rings. The summed E-state index contributed by atoms with van der Waals surface area (Å²) < 4.78 is 4.02. The average Bonchev–Trinajstić information content (AvgIpc) is 2.89. The summed E-state index contributed by atoms with van der Waals surface area (Å²) in [4.78, 5) is 5.03. The van der Waals surface area contributed by atoms with Crippen LogP contribution in [0.25, 0.3) is 0 Å². The number of aromatic nitrogens is 4. The fourth-order valence-electron chi connectivity index (χ4n) is 3.02. The fourth-order valence-corrected chi connectivity index (χ4v) is 3.02. The molecule has 6 heteroatoms. The largest absolute Gasteiger partial charge is 0.366 e. The highest BCUT2D eigenvalue weighted by Gasteiger charge is 2.29. The molecule has 0 aromatic carbocycles. The van der Waals surface area contributed by atoms with Crippen LogP contribution < -0.4 is 5.32 Å². The molecule has 0 unspecified atom stereocenters. The first-order valence-corrected chi connectivity index (χ1v) is 9.20. The molecule has 144 valence electrons. The van der Waals surface area contributed by atoms with Gasteiger partial charge in [0, 0.05) is 16.9 Å². The minimum Gasteiger partial charge on any atom is -0.366 e. The van der Waals surface area contributed by atoms with E-state index in [2.05, 4.69) is 72.8 Å². The Morgan fingerprint density at radius 1 is 0.885 bits per heavy atom. The van der Waals surface area contributed by atoms with E-state index in [1.165, 1.54) is 0 Å². The summed E-state index contributed by atoms with van der Waals surface area (Å²) in [5.41, 5.74) is 3.78. The van der Waals surface area contributed by atoms with Gasteiger partial charge in [0.1, 0.15) is 5.84 Å². The van der Waals surface area contributed by atoms with Crippen molar-refractivity contribution in [2.24, 2.45) is 4.99 Å². The molecular formula is C20H34N6. The first-order chi connectivity index (χ1) is 11.8. The fraction of sp³-hybridized carbons (Fsp3) is 0.650. The van der Waals surface area contributed by atoms with Crippen molar-refractivity contribution in [3.8, 4) is 0 Å². The Hall–Kier alpha value is -2.11. The molecule has 0 saturated heterocycles. The summed E-state index contributed by atoms with van der Waals surface area (Å²) >= 11 is 0. The lowest BCUT2D eigenvalue weighted by atomic mass is 10.1. The van der Waals surface area contributed by atoms with Crippen molar-refractivity contribution in [3.63, 3.8) is 0 Å². The molecule has 0 radical (unpaired) electrons. The van der Waals surface area contributed by atoms with E-state index in [-0.39, 0.29) is 17.2 Å². The van der Waals surface area contributed by atoms with Crippen LogP contribution in [-0.2, 0) is 0 Å².